The highest BCUT2D eigenvalue weighted by molar-refractivity contribution is 6.31. The Morgan fingerprint density at radius 2 is 2.19 bits per heavy atom. The Morgan fingerprint density at radius 3 is 2.81 bits per heavy atom. The molecule has 0 heterocycles. The van der Waals surface area contributed by atoms with Crippen LogP contribution >= 0.6 is 11.6 Å². The summed E-state index contributed by atoms with van der Waals surface area (Å²) < 4.78 is 0. The highest BCUT2D eigenvalue weighted by atomic mass is 35.5. The van der Waals surface area contributed by atoms with Crippen LogP contribution in [0.15, 0.2) is 18.2 Å². The van der Waals surface area contributed by atoms with E-state index in [0.717, 1.165) is 12.8 Å². The summed E-state index contributed by atoms with van der Waals surface area (Å²) >= 11 is 5.83. The van der Waals surface area contributed by atoms with E-state index in [-0.39, 0.29) is 6.61 Å². The molecule has 4 N–H and O–H groups in total. The van der Waals surface area contributed by atoms with Gasteiger partial charge in [-0.2, -0.15) is 0 Å². The molecule has 88 valence electrons. The Morgan fingerprint density at radius 1 is 1.44 bits per heavy atom. The molecule has 1 rings (SSSR count). The summed E-state index contributed by atoms with van der Waals surface area (Å²) in [5.74, 6) is -0.485. The summed E-state index contributed by atoms with van der Waals surface area (Å²) in [4.78, 5) is 11.1. The Balaban J connectivity index is 2.68. The third kappa shape index (κ3) is 3.72. The molecule has 0 aliphatic carbocycles. The normalized spacial score (nSPS) is 10.1. The second kappa shape index (κ2) is 6.35. The van der Waals surface area contributed by atoms with E-state index >= 15 is 0 Å². The van der Waals surface area contributed by atoms with Crippen molar-refractivity contribution in [3.63, 3.8) is 0 Å². The van der Waals surface area contributed by atoms with Crippen LogP contribution in [0.25, 0.3) is 0 Å². The Hall–Kier alpha value is -1.26. The fourth-order valence-electron chi connectivity index (χ4n) is 1.34. The van der Waals surface area contributed by atoms with Gasteiger partial charge in [-0.25, -0.2) is 0 Å². The number of halogens is 1. The molecule has 0 atom stereocenters. The lowest BCUT2D eigenvalue weighted by molar-refractivity contribution is 0.100. The van der Waals surface area contributed by atoms with Crippen molar-refractivity contribution in [2.24, 2.45) is 5.73 Å². The van der Waals surface area contributed by atoms with Crippen LogP contribution in [0.2, 0.25) is 5.02 Å². The van der Waals surface area contributed by atoms with Crippen molar-refractivity contribution in [3.8, 4) is 0 Å². The fourth-order valence-corrected chi connectivity index (χ4v) is 1.51. The number of anilines is 1. The Bertz CT molecular complexity index is 369. The number of primary amides is 1. The molecule has 1 amide bonds. The van der Waals surface area contributed by atoms with Crippen LogP contribution in [0.1, 0.15) is 23.2 Å². The molecule has 0 bridgehead atoms. The molecule has 0 unspecified atom stereocenters. The van der Waals surface area contributed by atoms with Gasteiger partial charge in [-0.1, -0.05) is 11.6 Å². The lowest BCUT2D eigenvalue weighted by Gasteiger charge is -2.10. The van der Waals surface area contributed by atoms with Gasteiger partial charge in [-0.05, 0) is 31.0 Å². The van der Waals surface area contributed by atoms with Crippen molar-refractivity contribution in [1.82, 2.24) is 0 Å². The van der Waals surface area contributed by atoms with Crippen LogP contribution in [-0.4, -0.2) is 24.2 Å². The molecule has 0 aliphatic rings. The van der Waals surface area contributed by atoms with E-state index in [1.165, 1.54) is 0 Å². The summed E-state index contributed by atoms with van der Waals surface area (Å²) in [6.45, 7) is 0.834. The molecule has 0 spiro atoms. The lowest BCUT2D eigenvalue weighted by atomic mass is 10.1. The van der Waals surface area contributed by atoms with Crippen molar-refractivity contribution in [2.45, 2.75) is 12.8 Å². The maximum Gasteiger partial charge on any atom is 0.250 e. The van der Waals surface area contributed by atoms with Gasteiger partial charge in [0.15, 0.2) is 0 Å². The van der Waals surface area contributed by atoms with Crippen molar-refractivity contribution in [1.29, 1.82) is 0 Å². The van der Waals surface area contributed by atoms with Gasteiger partial charge in [-0.3, -0.25) is 4.79 Å². The van der Waals surface area contributed by atoms with Crippen molar-refractivity contribution in [2.75, 3.05) is 18.5 Å². The maximum absolute atomic E-state index is 11.1. The van der Waals surface area contributed by atoms with Gasteiger partial charge in [0.1, 0.15) is 0 Å². The summed E-state index contributed by atoms with van der Waals surface area (Å²) in [5, 5.41) is 12.3. The van der Waals surface area contributed by atoms with Crippen LogP contribution in [0.5, 0.6) is 0 Å². The second-order valence-corrected chi connectivity index (χ2v) is 3.85. The van der Waals surface area contributed by atoms with Crippen LogP contribution in [0.4, 0.5) is 5.69 Å². The van der Waals surface area contributed by atoms with Gasteiger partial charge in [0.25, 0.3) is 5.91 Å². The number of carbonyl (C=O) groups is 1. The zero-order valence-corrected chi connectivity index (χ0v) is 9.63. The smallest absolute Gasteiger partial charge is 0.250 e. The molecular weight excluding hydrogens is 228 g/mol. The van der Waals surface area contributed by atoms with E-state index < -0.39 is 5.91 Å². The second-order valence-electron chi connectivity index (χ2n) is 3.41. The van der Waals surface area contributed by atoms with Crippen molar-refractivity contribution >= 4 is 23.2 Å². The predicted molar refractivity (Wildman–Crippen MR) is 64.8 cm³/mol. The number of nitrogens with two attached hydrogens (primary N) is 1. The summed E-state index contributed by atoms with van der Waals surface area (Å²) in [6, 6.07) is 4.89. The van der Waals surface area contributed by atoms with E-state index in [1.54, 1.807) is 18.2 Å². The molecule has 0 radical (unpaired) electrons. The van der Waals surface area contributed by atoms with E-state index in [9.17, 15) is 4.79 Å². The third-order valence-corrected chi connectivity index (χ3v) is 2.38. The van der Waals surface area contributed by atoms with Crippen molar-refractivity contribution < 1.29 is 9.90 Å². The monoisotopic (exact) mass is 242 g/mol. The van der Waals surface area contributed by atoms with E-state index in [4.69, 9.17) is 22.4 Å². The minimum atomic E-state index is -0.485. The average molecular weight is 243 g/mol. The minimum Gasteiger partial charge on any atom is -0.396 e. The van der Waals surface area contributed by atoms with E-state index in [2.05, 4.69) is 5.32 Å². The van der Waals surface area contributed by atoms with E-state index in [0.29, 0.717) is 22.8 Å². The number of benzene rings is 1. The molecule has 5 heteroatoms. The molecule has 4 nitrogen and oxygen atoms in total. The zero-order chi connectivity index (χ0) is 12.0. The average Bonchev–Trinajstić information content (AvgIpc) is 2.24. The summed E-state index contributed by atoms with van der Waals surface area (Å²) in [6.07, 6.45) is 1.54. The quantitative estimate of drug-likeness (QED) is 0.664. The number of aliphatic hydroxyl groups excluding tert-OH is 1. The van der Waals surface area contributed by atoms with Gasteiger partial charge >= 0.3 is 0 Å². The van der Waals surface area contributed by atoms with Crippen LogP contribution < -0.4 is 11.1 Å². The third-order valence-electron chi connectivity index (χ3n) is 2.15. The molecule has 0 aliphatic heterocycles. The van der Waals surface area contributed by atoms with Crippen LogP contribution in [0.3, 0.4) is 0 Å². The first kappa shape index (κ1) is 12.8. The first-order valence-electron chi connectivity index (χ1n) is 5.09. The Labute approximate surface area is 99.4 Å². The van der Waals surface area contributed by atoms with Crippen LogP contribution in [0, 0.1) is 0 Å². The van der Waals surface area contributed by atoms with Gasteiger partial charge in [0.2, 0.25) is 0 Å². The number of rotatable bonds is 6. The predicted octanol–water partition coefficient (Wildman–Crippen LogP) is 1.62. The van der Waals surface area contributed by atoms with Gasteiger partial charge in [-0.15, -0.1) is 0 Å². The lowest BCUT2D eigenvalue weighted by Crippen LogP contribution is -2.15. The van der Waals surface area contributed by atoms with Crippen LogP contribution in [-0.2, 0) is 0 Å². The Kier molecular flexibility index (Phi) is 5.08. The number of unbranched alkanes of at least 4 members (excludes halogenated alkanes) is 1. The molecule has 0 saturated heterocycles. The largest absolute Gasteiger partial charge is 0.396 e. The first-order chi connectivity index (χ1) is 7.65. The molecule has 0 aromatic heterocycles. The highest BCUT2D eigenvalue weighted by Gasteiger charge is 2.07. The molecule has 16 heavy (non-hydrogen) atoms. The fraction of sp³-hybridized carbons (Fsp3) is 0.364. The topological polar surface area (TPSA) is 75.4 Å². The van der Waals surface area contributed by atoms with Gasteiger partial charge in [0, 0.05) is 23.9 Å². The van der Waals surface area contributed by atoms with Gasteiger partial charge in [0.05, 0.1) is 5.56 Å². The zero-order valence-electron chi connectivity index (χ0n) is 8.87. The number of carbonyl (C=O) groups excluding carboxylic acids is 1. The number of nitrogens with one attached hydrogen (secondary N) is 1. The minimum absolute atomic E-state index is 0.167. The number of hydrogen-bond donors (Lipinski definition) is 3. The first-order valence-corrected chi connectivity index (χ1v) is 5.47. The summed E-state index contributed by atoms with van der Waals surface area (Å²) in [5.41, 5.74) is 6.29. The molecule has 1 aromatic rings. The summed E-state index contributed by atoms with van der Waals surface area (Å²) in [7, 11) is 0. The van der Waals surface area contributed by atoms with E-state index in [1.807, 2.05) is 0 Å². The number of hydrogen-bond acceptors (Lipinski definition) is 3. The number of amides is 1. The SMILES string of the molecule is NC(=O)c1ccc(Cl)cc1NCCCCO. The van der Waals surface area contributed by atoms with Crippen molar-refractivity contribution in [3.05, 3.63) is 28.8 Å². The standard InChI is InChI=1S/C11H15ClN2O2/c12-8-3-4-9(11(13)16)10(7-8)14-5-1-2-6-15/h3-4,7,14-15H,1-2,5-6H2,(H2,13,16). The molecular formula is C11H15ClN2O2. The van der Waals surface area contributed by atoms with Gasteiger partial charge < -0.3 is 16.2 Å². The highest BCUT2D eigenvalue weighted by Crippen LogP contribution is 2.20. The molecule has 0 saturated carbocycles. The maximum atomic E-state index is 11.1. The molecule has 0 fully saturated rings. The number of aliphatic hydroxyl groups is 1. The molecule has 1 aromatic carbocycles.